The van der Waals surface area contributed by atoms with Crippen molar-refractivity contribution in [2.45, 2.75) is 12.2 Å². The lowest BCUT2D eigenvalue weighted by molar-refractivity contribution is 0.0499. The number of hydrogen-bond donors (Lipinski definition) is 2. The van der Waals surface area contributed by atoms with Crippen LogP contribution in [0.15, 0.2) is 18.3 Å². The molecule has 0 bridgehead atoms. The maximum atomic E-state index is 9.32. The largest absolute Gasteiger partial charge is 0.383 e. The fraction of sp³-hybridized carbons (Fsp3) is 0.250. The van der Waals surface area contributed by atoms with Crippen LogP contribution in [-0.2, 0) is 0 Å². The molecule has 0 saturated carbocycles. The van der Waals surface area contributed by atoms with Gasteiger partial charge in [-0.25, -0.2) is 0 Å². The highest BCUT2D eigenvalue weighted by Crippen LogP contribution is 2.17. The van der Waals surface area contributed by atoms with E-state index in [0.717, 1.165) is 0 Å². The van der Waals surface area contributed by atoms with Gasteiger partial charge in [-0.2, -0.15) is 5.26 Å². The molecule has 0 spiro atoms. The van der Waals surface area contributed by atoms with Gasteiger partial charge in [0.1, 0.15) is 6.10 Å². The van der Waals surface area contributed by atoms with E-state index in [-0.39, 0.29) is 5.69 Å². The van der Waals surface area contributed by atoms with E-state index in [2.05, 4.69) is 4.98 Å². The Kier molecular flexibility index (Phi) is 3.20. The molecule has 0 aromatic carbocycles. The van der Waals surface area contributed by atoms with E-state index >= 15 is 0 Å². The number of pyridine rings is 1. The predicted molar refractivity (Wildman–Crippen MR) is 45.8 cm³/mol. The van der Waals surface area contributed by atoms with Crippen LogP contribution in [0.4, 0.5) is 0 Å². The van der Waals surface area contributed by atoms with Crippen molar-refractivity contribution < 1.29 is 10.2 Å². The molecule has 0 saturated heterocycles. The minimum absolute atomic E-state index is 0.182. The molecule has 68 valence electrons. The van der Waals surface area contributed by atoms with Gasteiger partial charge >= 0.3 is 0 Å². The van der Waals surface area contributed by atoms with E-state index < -0.39 is 12.2 Å². The Labute approximate surface area is 80.0 Å². The van der Waals surface area contributed by atoms with E-state index in [0.29, 0.717) is 5.02 Å². The smallest absolute Gasteiger partial charge is 0.171 e. The third kappa shape index (κ3) is 2.39. The minimum Gasteiger partial charge on any atom is -0.383 e. The monoisotopic (exact) mass is 198 g/mol. The third-order valence-electron chi connectivity index (χ3n) is 1.48. The number of aromatic nitrogens is 1. The third-order valence-corrected chi connectivity index (χ3v) is 1.71. The summed E-state index contributed by atoms with van der Waals surface area (Å²) in [5, 5.41) is 27.0. The Balaban J connectivity index is 2.90. The van der Waals surface area contributed by atoms with Crippen LogP contribution in [0, 0.1) is 11.3 Å². The fourth-order valence-electron chi connectivity index (χ4n) is 0.815. The molecule has 0 aliphatic carbocycles. The average Bonchev–Trinajstić information content (AvgIpc) is 2.15. The van der Waals surface area contributed by atoms with Gasteiger partial charge in [0.2, 0.25) is 0 Å². The number of nitrogens with zero attached hydrogens (tertiary/aromatic N) is 2. The highest BCUT2D eigenvalue weighted by atomic mass is 35.5. The first-order chi connectivity index (χ1) is 6.15. The first kappa shape index (κ1) is 9.93. The van der Waals surface area contributed by atoms with Crippen molar-refractivity contribution in [1.82, 2.24) is 4.98 Å². The lowest BCUT2D eigenvalue weighted by atomic mass is 10.1. The molecule has 1 aromatic rings. The van der Waals surface area contributed by atoms with Crippen LogP contribution < -0.4 is 0 Å². The topological polar surface area (TPSA) is 77.1 Å². The number of halogens is 1. The highest BCUT2D eigenvalue weighted by Gasteiger charge is 2.18. The summed E-state index contributed by atoms with van der Waals surface area (Å²) in [5.41, 5.74) is 0.182. The number of aliphatic hydroxyl groups excluding tert-OH is 2. The Hall–Kier alpha value is -1.15. The van der Waals surface area contributed by atoms with E-state index in [1.807, 2.05) is 0 Å². The van der Waals surface area contributed by atoms with Crippen molar-refractivity contribution in [3.8, 4) is 6.07 Å². The molecule has 0 radical (unpaired) electrons. The number of nitriles is 1. The van der Waals surface area contributed by atoms with Crippen molar-refractivity contribution >= 4 is 11.6 Å². The molecular weight excluding hydrogens is 192 g/mol. The lowest BCUT2D eigenvalue weighted by Crippen LogP contribution is -2.16. The summed E-state index contributed by atoms with van der Waals surface area (Å²) in [6.45, 7) is 0. The number of aliphatic hydroxyl groups is 2. The second-order valence-corrected chi connectivity index (χ2v) is 2.85. The summed E-state index contributed by atoms with van der Waals surface area (Å²) in [6, 6.07) is 4.44. The molecule has 1 aromatic heterocycles. The molecule has 5 heteroatoms. The fourth-order valence-corrected chi connectivity index (χ4v) is 0.983. The van der Waals surface area contributed by atoms with Crippen LogP contribution in [0.25, 0.3) is 0 Å². The van der Waals surface area contributed by atoms with Gasteiger partial charge in [-0.15, -0.1) is 0 Å². The molecule has 1 heterocycles. The first-order valence-electron chi connectivity index (χ1n) is 3.52. The Bertz CT molecular complexity index is 337. The second kappa shape index (κ2) is 4.19. The number of hydrogen-bond acceptors (Lipinski definition) is 4. The summed E-state index contributed by atoms with van der Waals surface area (Å²) in [7, 11) is 0. The van der Waals surface area contributed by atoms with Crippen LogP contribution in [-0.4, -0.2) is 21.3 Å². The van der Waals surface area contributed by atoms with Gasteiger partial charge in [0, 0.05) is 11.2 Å². The van der Waals surface area contributed by atoms with Crippen molar-refractivity contribution in [2.24, 2.45) is 0 Å². The molecule has 0 amide bonds. The zero-order chi connectivity index (χ0) is 9.84. The Morgan fingerprint density at radius 3 is 2.77 bits per heavy atom. The van der Waals surface area contributed by atoms with Crippen molar-refractivity contribution in [3.63, 3.8) is 0 Å². The summed E-state index contributed by atoms with van der Waals surface area (Å²) < 4.78 is 0. The van der Waals surface area contributed by atoms with Gasteiger partial charge in [0.25, 0.3) is 0 Å². The molecule has 0 aliphatic rings. The Morgan fingerprint density at radius 1 is 1.54 bits per heavy atom. The number of rotatable bonds is 2. The normalized spacial score (nSPS) is 14.6. The average molecular weight is 199 g/mol. The van der Waals surface area contributed by atoms with Crippen LogP contribution in [0.2, 0.25) is 5.02 Å². The second-order valence-electron chi connectivity index (χ2n) is 2.42. The van der Waals surface area contributed by atoms with Crippen molar-refractivity contribution in [3.05, 3.63) is 29.0 Å². The molecular formula is C8H7ClN2O2. The predicted octanol–water partition coefficient (Wildman–Crippen LogP) is 0.653. The van der Waals surface area contributed by atoms with Gasteiger partial charge in [-0.05, 0) is 12.1 Å². The van der Waals surface area contributed by atoms with E-state index in [1.165, 1.54) is 24.4 Å². The molecule has 0 aliphatic heterocycles. The molecule has 2 N–H and O–H groups in total. The van der Waals surface area contributed by atoms with Gasteiger partial charge in [0.05, 0.1) is 11.8 Å². The summed E-state index contributed by atoms with van der Waals surface area (Å²) >= 11 is 5.62. The minimum atomic E-state index is -1.48. The van der Waals surface area contributed by atoms with E-state index in [1.54, 1.807) is 0 Å². The zero-order valence-electron chi connectivity index (χ0n) is 6.55. The van der Waals surface area contributed by atoms with Gasteiger partial charge in [-0.3, -0.25) is 4.98 Å². The summed E-state index contributed by atoms with van der Waals surface area (Å²) in [5.74, 6) is 0. The van der Waals surface area contributed by atoms with Crippen LogP contribution in [0.1, 0.15) is 11.8 Å². The quantitative estimate of drug-likeness (QED) is 0.685. The van der Waals surface area contributed by atoms with Gasteiger partial charge in [-0.1, -0.05) is 11.6 Å². The maximum Gasteiger partial charge on any atom is 0.171 e. The summed E-state index contributed by atoms with van der Waals surface area (Å²) in [4.78, 5) is 3.76. The van der Waals surface area contributed by atoms with Gasteiger partial charge in [0.15, 0.2) is 6.10 Å². The SMILES string of the molecule is N#CC(O)C(O)c1cc(Cl)ccn1. The zero-order valence-corrected chi connectivity index (χ0v) is 7.31. The molecule has 1 rings (SSSR count). The van der Waals surface area contributed by atoms with Crippen molar-refractivity contribution in [1.29, 1.82) is 5.26 Å². The molecule has 4 nitrogen and oxygen atoms in total. The molecule has 2 atom stereocenters. The summed E-state index contributed by atoms with van der Waals surface area (Å²) in [6.07, 6.45) is -1.40. The molecule has 2 unspecified atom stereocenters. The van der Waals surface area contributed by atoms with E-state index in [4.69, 9.17) is 22.0 Å². The maximum absolute atomic E-state index is 9.32. The molecule has 13 heavy (non-hydrogen) atoms. The van der Waals surface area contributed by atoms with Crippen LogP contribution in [0.3, 0.4) is 0 Å². The molecule has 0 fully saturated rings. The van der Waals surface area contributed by atoms with Crippen LogP contribution in [0.5, 0.6) is 0 Å². The van der Waals surface area contributed by atoms with E-state index in [9.17, 15) is 5.11 Å². The first-order valence-corrected chi connectivity index (χ1v) is 3.90. The van der Waals surface area contributed by atoms with Gasteiger partial charge < -0.3 is 10.2 Å². The standard InChI is InChI=1S/C8H7ClN2O2/c9-5-1-2-11-6(3-5)8(13)7(12)4-10/h1-3,7-8,12-13H. The highest BCUT2D eigenvalue weighted by molar-refractivity contribution is 6.30. The van der Waals surface area contributed by atoms with Crippen LogP contribution >= 0.6 is 11.6 Å². The lowest BCUT2D eigenvalue weighted by Gasteiger charge is -2.10. The Morgan fingerprint density at radius 2 is 2.23 bits per heavy atom. The van der Waals surface area contributed by atoms with Crippen molar-refractivity contribution in [2.75, 3.05) is 0 Å².